The number of carbonyl (C=O) groups excluding carboxylic acids is 1. The van der Waals surface area contributed by atoms with Crippen molar-refractivity contribution in [3.05, 3.63) is 46.1 Å². The Labute approximate surface area is 121 Å². The highest BCUT2D eigenvalue weighted by Crippen LogP contribution is 2.26. The molecule has 0 aliphatic carbocycles. The lowest BCUT2D eigenvalue weighted by Crippen LogP contribution is -2.05. The number of esters is 1. The van der Waals surface area contributed by atoms with E-state index in [0.717, 1.165) is 0 Å². The quantitative estimate of drug-likeness (QED) is 0.479. The van der Waals surface area contributed by atoms with E-state index in [1.807, 2.05) is 6.92 Å². The van der Waals surface area contributed by atoms with Crippen LogP contribution in [-0.4, -0.2) is 27.3 Å². The van der Waals surface area contributed by atoms with Gasteiger partial charge in [-0.2, -0.15) is 5.10 Å². The van der Waals surface area contributed by atoms with Crippen molar-refractivity contribution in [2.45, 2.75) is 20.4 Å². The maximum atomic E-state index is 12.0. The first-order chi connectivity index (χ1) is 10.1. The van der Waals surface area contributed by atoms with Crippen molar-refractivity contribution in [2.75, 3.05) is 6.61 Å². The number of nitro groups is 1. The molecular weight excluding hydrogens is 274 g/mol. The van der Waals surface area contributed by atoms with Gasteiger partial charge in [0.25, 0.3) is 5.69 Å². The van der Waals surface area contributed by atoms with E-state index >= 15 is 0 Å². The number of aromatic nitrogens is 2. The zero-order valence-corrected chi connectivity index (χ0v) is 11.8. The maximum Gasteiger partial charge on any atom is 0.341 e. The molecule has 7 nitrogen and oxygen atoms in total. The van der Waals surface area contributed by atoms with Crippen molar-refractivity contribution in [1.29, 1.82) is 0 Å². The van der Waals surface area contributed by atoms with E-state index in [1.165, 1.54) is 12.1 Å². The Bertz CT molecular complexity index is 679. The molecule has 0 saturated heterocycles. The molecule has 0 unspecified atom stereocenters. The van der Waals surface area contributed by atoms with Gasteiger partial charge in [0.15, 0.2) is 0 Å². The van der Waals surface area contributed by atoms with Gasteiger partial charge in [0.05, 0.1) is 11.5 Å². The van der Waals surface area contributed by atoms with E-state index in [9.17, 15) is 14.9 Å². The number of benzene rings is 1. The fourth-order valence-electron chi connectivity index (χ4n) is 1.92. The SMILES string of the molecule is CCOC(=O)c1cn(CC)nc1-c1cccc([N+](=O)[O-])c1. The lowest BCUT2D eigenvalue weighted by molar-refractivity contribution is -0.384. The molecule has 1 aromatic carbocycles. The molecule has 1 heterocycles. The average molecular weight is 289 g/mol. The van der Waals surface area contributed by atoms with Crippen molar-refractivity contribution in [2.24, 2.45) is 0 Å². The van der Waals surface area contributed by atoms with Crippen molar-refractivity contribution in [3.63, 3.8) is 0 Å². The summed E-state index contributed by atoms with van der Waals surface area (Å²) in [7, 11) is 0. The molecule has 0 fully saturated rings. The third-order valence-corrected chi connectivity index (χ3v) is 2.91. The summed E-state index contributed by atoms with van der Waals surface area (Å²) in [5, 5.41) is 15.2. The summed E-state index contributed by atoms with van der Waals surface area (Å²) in [6, 6.07) is 6.03. The minimum atomic E-state index is -0.487. The summed E-state index contributed by atoms with van der Waals surface area (Å²) in [5.41, 5.74) is 1.16. The minimum absolute atomic E-state index is 0.0478. The van der Waals surface area contributed by atoms with Crippen LogP contribution < -0.4 is 0 Å². The Morgan fingerprint density at radius 2 is 2.19 bits per heavy atom. The van der Waals surface area contributed by atoms with Gasteiger partial charge in [-0.3, -0.25) is 14.8 Å². The number of aryl methyl sites for hydroxylation is 1. The highest BCUT2D eigenvalue weighted by molar-refractivity contribution is 5.96. The van der Waals surface area contributed by atoms with Crippen molar-refractivity contribution in [3.8, 4) is 11.3 Å². The topological polar surface area (TPSA) is 87.3 Å². The summed E-state index contributed by atoms with van der Waals surface area (Å²) in [6.45, 7) is 4.44. The first-order valence-corrected chi connectivity index (χ1v) is 6.56. The number of nitrogens with zero attached hydrogens (tertiary/aromatic N) is 3. The Kier molecular flexibility index (Phi) is 4.32. The first-order valence-electron chi connectivity index (χ1n) is 6.56. The fourth-order valence-corrected chi connectivity index (χ4v) is 1.92. The van der Waals surface area contributed by atoms with Crippen molar-refractivity contribution < 1.29 is 14.5 Å². The summed E-state index contributed by atoms with van der Waals surface area (Å²) < 4.78 is 6.60. The number of ether oxygens (including phenoxy) is 1. The van der Waals surface area contributed by atoms with Gasteiger partial charge in [0.1, 0.15) is 11.3 Å². The molecule has 0 aliphatic heterocycles. The molecule has 0 aliphatic rings. The van der Waals surface area contributed by atoms with E-state index in [4.69, 9.17) is 4.74 Å². The number of rotatable bonds is 5. The number of non-ortho nitro benzene ring substituents is 1. The van der Waals surface area contributed by atoms with Gasteiger partial charge in [0.2, 0.25) is 0 Å². The van der Waals surface area contributed by atoms with Gasteiger partial charge in [-0.05, 0) is 13.8 Å². The Balaban J connectivity index is 2.51. The molecule has 0 bridgehead atoms. The van der Waals surface area contributed by atoms with Crippen LogP contribution in [0.25, 0.3) is 11.3 Å². The fraction of sp³-hybridized carbons (Fsp3) is 0.286. The zero-order valence-electron chi connectivity index (χ0n) is 11.8. The second kappa shape index (κ2) is 6.17. The summed E-state index contributed by atoms with van der Waals surface area (Å²) >= 11 is 0. The molecule has 0 amide bonds. The molecule has 110 valence electrons. The third-order valence-electron chi connectivity index (χ3n) is 2.91. The average Bonchev–Trinajstić information content (AvgIpc) is 2.92. The lowest BCUT2D eigenvalue weighted by atomic mass is 10.1. The molecule has 7 heteroatoms. The summed E-state index contributed by atoms with van der Waals surface area (Å²) in [6.07, 6.45) is 1.59. The number of carbonyl (C=O) groups is 1. The number of hydrogen-bond acceptors (Lipinski definition) is 5. The molecule has 0 radical (unpaired) electrons. The smallest absolute Gasteiger partial charge is 0.341 e. The van der Waals surface area contributed by atoms with Crippen LogP contribution in [0.2, 0.25) is 0 Å². The molecule has 21 heavy (non-hydrogen) atoms. The van der Waals surface area contributed by atoms with E-state index in [2.05, 4.69) is 5.10 Å². The van der Waals surface area contributed by atoms with Gasteiger partial charge in [-0.25, -0.2) is 4.79 Å². The largest absolute Gasteiger partial charge is 0.462 e. The Hall–Kier alpha value is -2.70. The normalized spacial score (nSPS) is 10.4. The van der Waals surface area contributed by atoms with Gasteiger partial charge in [-0.1, -0.05) is 12.1 Å². The molecule has 0 spiro atoms. The predicted octanol–water partition coefficient (Wildman–Crippen LogP) is 2.65. The van der Waals surface area contributed by atoms with Crippen molar-refractivity contribution >= 4 is 11.7 Å². The van der Waals surface area contributed by atoms with Crippen LogP contribution in [0.1, 0.15) is 24.2 Å². The van der Waals surface area contributed by atoms with Crippen LogP contribution in [-0.2, 0) is 11.3 Å². The molecule has 0 saturated carbocycles. The third kappa shape index (κ3) is 3.07. The van der Waals surface area contributed by atoms with Crippen molar-refractivity contribution in [1.82, 2.24) is 9.78 Å². The number of hydrogen-bond donors (Lipinski definition) is 0. The van der Waals surface area contributed by atoms with Gasteiger partial charge in [0, 0.05) is 30.4 Å². The minimum Gasteiger partial charge on any atom is -0.462 e. The maximum absolute atomic E-state index is 12.0. The molecular formula is C14H15N3O4. The van der Waals surface area contributed by atoms with Crippen LogP contribution in [0.15, 0.2) is 30.5 Å². The second-order valence-corrected chi connectivity index (χ2v) is 4.27. The van der Waals surface area contributed by atoms with Gasteiger partial charge < -0.3 is 4.74 Å². The standard InChI is InChI=1S/C14H15N3O4/c1-3-16-9-12(14(18)21-4-2)13(15-16)10-6-5-7-11(8-10)17(19)20/h5-9H,3-4H2,1-2H3. The second-order valence-electron chi connectivity index (χ2n) is 4.27. The highest BCUT2D eigenvalue weighted by Gasteiger charge is 2.20. The first kappa shape index (κ1) is 14.7. The Morgan fingerprint density at radius 1 is 1.43 bits per heavy atom. The van der Waals surface area contributed by atoms with E-state index in [1.54, 1.807) is 29.9 Å². The Morgan fingerprint density at radius 3 is 2.81 bits per heavy atom. The van der Waals surface area contributed by atoms with Gasteiger partial charge >= 0.3 is 5.97 Å². The predicted molar refractivity (Wildman–Crippen MR) is 75.9 cm³/mol. The van der Waals surface area contributed by atoms with Crippen LogP contribution in [0.5, 0.6) is 0 Å². The van der Waals surface area contributed by atoms with Crippen LogP contribution in [0, 0.1) is 10.1 Å². The monoisotopic (exact) mass is 289 g/mol. The molecule has 2 rings (SSSR count). The highest BCUT2D eigenvalue weighted by atomic mass is 16.6. The molecule has 0 N–H and O–H groups in total. The van der Waals surface area contributed by atoms with Gasteiger partial charge in [-0.15, -0.1) is 0 Å². The van der Waals surface area contributed by atoms with E-state index in [0.29, 0.717) is 23.4 Å². The van der Waals surface area contributed by atoms with Crippen LogP contribution >= 0.6 is 0 Å². The number of nitro benzene ring substituents is 1. The molecule has 0 atom stereocenters. The van der Waals surface area contributed by atoms with E-state index < -0.39 is 10.9 Å². The summed E-state index contributed by atoms with van der Waals surface area (Å²) in [5.74, 6) is -0.487. The zero-order chi connectivity index (χ0) is 15.4. The lowest BCUT2D eigenvalue weighted by Gasteiger charge is -2.02. The molecule has 2 aromatic rings. The summed E-state index contributed by atoms with van der Waals surface area (Å²) in [4.78, 5) is 22.4. The van der Waals surface area contributed by atoms with E-state index in [-0.39, 0.29) is 12.3 Å². The van der Waals surface area contributed by atoms with Crippen LogP contribution in [0.4, 0.5) is 5.69 Å². The molecule has 1 aromatic heterocycles. The van der Waals surface area contributed by atoms with Crippen LogP contribution in [0.3, 0.4) is 0 Å².